The van der Waals surface area contributed by atoms with E-state index in [0.717, 1.165) is 5.76 Å². The zero-order valence-corrected chi connectivity index (χ0v) is 12.8. The van der Waals surface area contributed by atoms with Crippen molar-refractivity contribution in [3.63, 3.8) is 0 Å². The highest BCUT2D eigenvalue weighted by Crippen LogP contribution is 2.03. The zero-order valence-electron chi connectivity index (χ0n) is 12.8. The van der Waals surface area contributed by atoms with Crippen molar-refractivity contribution in [2.45, 2.75) is 13.0 Å². The summed E-state index contributed by atoms with van der Waals surface area (Å²) in [4.78, 5) is 27.1. The molecule has 0 fully saturated rings. The van der Waals surface area contributed by atoms with Crippen molar-refractivity contribution in [1.82, 2.24) is 10.3 Å². The van der Waals surface area contributed by atoms with E-state index >= 15 is 0 Å². The summed E-state index contributed by atoms with van der Waals surface area (Å²) in [5.74, 6) is -0.0189. The van der Waals surface area contributed by atoms with Crippen LogP contribution in [0.5, 0.6) is 0 Å². The van der Waals surface area contributed by atoms with Gasteiger partial charge in [-0.05, 0) is 30.7 Å². The molecule has 2 heterocycles. The van der Waals surface area contributed by atoms with Crippen molar-refractivity contribution in [3.8, 4) is 0 Å². The molecular weight excluding hydrogens is 300 g/mol. The molecule has 0 unspecified atom stereocenters. The third-order valence-corrected chi connectivity index (χ3v) is 2.99. The molecule has 23 heavy (non-hydrogen) atoms. The summed E-state index contributed by atoms with van der Waals surface area (Å²) >= 11 is 0. The number of rotatable bonds is 8. The molecule has 2 rings (SSSR count). The van der Waals surface area contributed by atoms with Crippen LogP contribution in [0, 0.1) is 0 Å². The molecule has 0 saturated heterocycles. The quantitative estimate of drug-likeness (QED) is 0.589. The van der Waals surface area contributed by atoms with Gasteiger partial charge in [-0.15, -0.1) is 0 Å². The van der Waals surface area contributed by atoms with Crippen molar-refractivity contribution in [3.05, 3.63) is 53.7 Å². The number of hydrogen-bond acceptors (Lipinski definition) is 6. The number of carbonyl (C=O) groups is 2. The van der Waals surface area contributed by atoms with E-state index in [1.165, 1.54) is 25.4 Å². The van der Waals surface area contributed by atoms with Gasteiger partial charge in [-0.25, -0.2) is 4.79 Å². The number of furan rings is 1. The van der Waals surface area contributed by atoms with Crippen LogP contribution in [0.15, 0.2) is 41.1 Å². The Morgan fingerprint density at radius 3 is 2.83 bits per heavy atom. The normalized spacial score (nSPS) is 10.3. The Labute approximate surface area is 133 Å². The molecule has 0 spiro atoms. The van der Waals surface area contributed by atoms with Gasteiger partial charge in [0.2, 0.25) is 0 Å². The number of pyridine rings is 1. The van der Waals surface area contributed by atoms with Crippen LogP contribution in [-0.4, -0.2) is 37.1 Å². The van der Waals surface area contributed by atoms with E-state index in [1.807, 2.05) is 6.07 Å². The maximum absolute atomic E-state index is 11.9. The molecule has 0 aromatic carbocycles. The first kappa shape index (κ1) is 16.7. The highest BCUT2D eigenvalue weighted by molar-refractivity contribution is 5.94. The number of nitrogens with one attached hydrogen (secondary N) is 1. The monoisotopic (exact) mass is 318 g/mol. The van der Waals surface area contributed by atoms with Crippen molar-refractivity contribution in [1.29, 1.82) is 0 Å². The maximum Gasteiger partial charge on any atom is 0.339 e. The van der Waals surface area contributed by atoms with E-state index in [1.54, 1.807) is 12.3 Å². The molecule has 0 aliphatic heterocycles. The average Bonchev–Trinajstić information content (AvgIpc) is 3.10. The SMILES string of the molecule is COC(=O)c1ccc(C(=O)NCCCOCc2ccco2)nc1. The van der Waals surface area contributed by atoms with E-state index in [9.17, 15) is 9.59 Å². The van der Waals surface area contributed by atoms with Crippen LogP contribution >= 0.6 is 0 Å². The molecule has 2 aromatic heterocycles. The van der Waals surface area contributed by atoms with Crippen LogP contribution < -0.4 is 5.32 Å². The molecule has 7 nitrogen and oxygen atoms in total. The summed E-state index contributed by atoms with van der Waals surface area (Å²) < 4.78 is 15.1. The van der Waals surface area contributed by atoms with E-state index in [-0.39, 0.29) is 11.6 Å². The first-order chi connectivity index (χ1) is 11.2. The molecule has 0 radical (unpaired) electrons. The summed E-state index contributed by atoms with van der Waals surface area (Å²) in [6.45, 7) is 1.39. The van der Waals surface area contributed by atoms with E-state index < -0.39 is 5.97 Å². The van der Waals surface area contributed by atoms with Gasteiger partial charge in [0, 0.05) is 19.3 Å². The van der Waals surface area contributed by atoms with Gasteiger partial charge in [-0.1, -0.05) is 0 Å². The number of aromatic nitrogens is 1. The smallest absolute Gasteiger partial charge is 0.339 e. The van der Waals surface area contributed by atoms with Gasteiger partial charge in [0.1, 0.15) is 18.1 Å². The van der Waals surface area contributed by atoms with E-state index in [0.29, 0.717) is 31.7 Å². The van der Waals surface area contributed by atoms with Crippen LogP contribution in [0.25, 0.3) is 0 Å². The molecule has 0 bridgehead atoms. The number of hydrogen-bond donors (Lipinski definition) is 1. The number of esters is 1. The Hall–Kier alpha value is -2.67. The number of amides is 1. The lowest BCUT2D eigenvalue weighted by Crippen LogP contribution is -2.26. The van der Waals surface area contributed by atoms with Crippen LogP contribution in [0.3, 0.4) is 0 Å². The summed E-state index contributed by atoms with van der Waals surface area (Å²) in [7, 11) is 1.29. The third-order valence-electron chi connectivity index (χ3n) is 2.99. The zero-order chi connectivity index (χ0) is 16.5. The van der Waals surface area contributed by atoms with E-state index in [4.69, 9.17) is 9.15 Å². The number of ether oxygens (including phenoxy) is 2. The Morgan fingerprint density at radius 2 is 2.17 bits per heavy atom. The van der Waals surface area contributed by atoms with Crippen LogP contribution in [0.1, 0.15) is 33.0 Å². The molecule has 1 N–H and O–H groups in total. The van der Waals surface area contributed by atoms with Crippen molar-refractivity contribution in [2.75, 3.05) is 20.3 Å². The molecule has 0 aliphatic rings. The molecule has 7 heteroatoms. The second-order valence-electron chi connectivity index (χ2n) is 4.67. The predicted octanol–water partition coefficient (Wildman–Crippen LogP) is 1.80. The Morgan fingerprint density at radius 1 is 1.30 bits per heavy atom. The molecule has 0 atom stereocenters. The van der Waals surface area contributed by atoms with Gasteiger partial charge >= 0.3 is 5.97 Å². The lowest BCUT2D eigenvalue weighted by atomic mass is 10.2. The first-order valence-electron chi connectivity index (χ1n) is 7.13. The Kier molecular flexibility index (Phi) is 6.31. The largest absolute Gasteiger partial charge is 0.467 e. The van der Waals surface area contributed by atoms with Crippen molar-refractivity contribution < 1.29 is 23.5 Å². The van der Waals surface area contributed by atoms with Gasteiger partial charge in [-0.3, -0.25) is 9.78 Å². The van der Waals surface area contributed by atoms with Gasteiger partial charge in [-0.2, -0.15) is 0 Å². The lowest BCUT2D eigenvalue weighted by Gasteiger charge is -2.06. The highest BCUT2D eigenvalue weighted by atomic mass is 16.5. The van der Waals surface area contributed by atoms with Gasteiger partial charge < -0.3 is 19.2 Å². The summed E-state index contributed by atoms with van der Waals surface area (Å²) in [6.07, 6.45) is 3.58. The molecule has 2 aromatic rings. The minimum absolute atomic E-state index is 0.245. The fourth-order valence-electron chi connectivity index (χ4n) is 1.80. The number of nitrogens with zero attached hydrogens (tertiary/aromatic N) is 1. The Balaban J connectivity index is 1.65. The fourth-order valence-corrected chi connectivity index (χ4v) is 1.80. The van der Waals surface area contributed by atoms with Crippen molar-refractivity contribution in [2.24, 2.45) is 0 Å². The molecular formula is C16H18N2O5. The minimum Gasteiger partial charge on any atom is -0.467 e. The highest BCUT2D eigenvalue weighted by Gasteiger charge is 2.09. The van der Waals surface area contributed by atoms with Crippen LogP contribution in [0.2, 0.25) is 0 Å². The molecule has 0 saturated carbocycles. The lowest BCUT2D eigenvalue weighted by molar-refractivity contribution is 0.0599. The maximum atomic E-state index is 11.9. The van der Waals surface area contributed by atoms with Crippen LogP contribution in [0.4, 0.5) is 0 Å². The minimum atomic E-state index is -0.488. The summed E-state index contributed by atoms with van der Waals surface area (Å²) in [5.41, 5.74) is 0.546. The second kappa shape index (κ2) is 8.70. The summed E-state index contributed by atoms with van der Waals surface area (Å²) in [6, 6.07) is 6.62. The molecule has 0 aliphatic carbocycles. The van der Waals surface area contributed by atoms with E-state index in [2.05, 4.69) is 15.0 Å². The topological polar surface area (TPSA) is 90.7 Å². The second-order valence-corrected chi connectivity index (χ2v) is 4.67. The van der Waals surface area contributed by atoms with Crippen LogP contribution in [-0.2, 0) is 16.1 Å². The third kappa shape index (κ3) is 5.23. The average molecular weight is 318 g/mol. The molecule has 122 valence electrons. The molecule has 1 amide bonds. The Bertz CT molecular complexity index is 622. The predicted molar refractivity (Wildman–Crippen MR) is 80.9 cm³/mol. The van der Waals surface area contributed by atoms with Gasteiger partial charge in [0.05, 0.1) is 18.9 Å². The number of carbonyl (C=O) groups excluding carboxylic acids is 2. The number of methoxy groups -OCH3 is 1. The standard InChI is InChI=1S/C16H18N2O5/c1-21-16(20)12-5-6-14(18-10-12)15(19)17-7-3-8-22-11-13-4-2-9-23-13/h2,4-6,9-10H,3,7-8,11H2,1H3,(H,17,19). The van der Waals surface area contributed by atoms with Gasteiger partial charge in [0.25, 0.3) is 5.91 Å². The first-order valence-corrected chi connectivity index (χ1v) is 7.13. The van der Waals surface area contributed by atoms with Crippen molar-refractivity contribution >= 4 is 11.9 Å². The summed E-state index contributed by atoms with van der Waals surface area (Å²) in [5, 5.41) is 2.73. The fraction of sp³-hybridized carbons (Fsp3) is 0.312. The van der Waals surface area contributed by atoms with Gasteiger partial charge in [0.15, 0.2) is 0 Å².